The molecule has 6 aromatic rings. The lowest BCUT2D eigenvalue weighted by Gasteiger charge is -2.31. The topological polar surface area (TPSA) is 133 Å². The maximum absolute atomic E-state index is 14.3. The molecule has 2 amide bonds. The Morgan fingerprint density at radius 1 is 0.833 bits per heavy atom. The van der Waals surface area contributed by atoms with E-state index in [1.54, 1.807) is 12.1 Å². The zero-order chi connectivity index (χ0) is 29.1. The molecule has 0 aliphatic rings. The highest BCUT2D eigenvalue weighted by Gasteiger charge is 2.34. The van der Waals surface area contributed by atoms with Gasteiger partial charge < -0.3 is 15.5 Å². The Hall–Kier alpha value is -5.77. The van der Waals surface area contributed by atoms with E-state index in [4.69, 9.17) is 0 Å². The van der Waals surface area contributed by atoms with Crippen molar-refractivity contribution >= 4 is 39.4 Å². The van der Waals surface area contributed by atoms with Gasteiger partial charge in [-0.25, -0.2) is 4.68 Å². The number of anilines is 1. The van der Waals surface area contributed by atoms with Crippen molar-refractivity contribution in [2.75, 3.05) is 4.90 Å². The summed E-state index contributed by atoms with van der Waals surface area (Å²) in [4.78, 5) is 34.2. The fourth-order valence-electron chi connectivity index (χ4n) is 4.88. The summed E-state index contributed by atoms with van der Waals surface area (Å²) in [6.45, 7) is -0.00811. The van der Waals surface area contributed by atoms with E-state index in [-0.39, 0.29) is 18.8 Å². The number of nitrogens with one attached hydrogen (secondary N) is 1. The van der Waals surface area contributed by atoms with Gasteiger partial charge in [0, 0.05) is 11.9 Å². The van der Waals surface area contributed by atoms with Crippen LogP contribution in [-0.2, 0) is 22.7 Å². The van der Waals surface area contributed by atoms with Crippen molar-refractivity contribution in [3.8, 4) is 11.5 Å². The number of aromatic hydroxyl groups is 2. The Labute approximate surface area is 240 Å². The lowest BCUT2D eigenvalue weighted by Crippen LogP contribution is -2.45. The summed E-state index contributed by atoms with van der Waals surface area (Å²) in [7, 11) is 0. The van der Waals surface area contributed by atoms with Gasteiger partial charge in [-0.15, -0.1) is 5.10 Å². The Morgan fingerprint density at radius 3 is 2.38 bits per heavy atom. The molecule has 0 saturated heterocycles. The molecule has 0 aliphatic heterocycles. The third-order valence-electron chi connectivity index (χ3n) is 6.96. The number of rotatable bonds is 8. The number of aromatic nitrogens is 4. The van der Waals surface area contributed by atoms with E-state index >= 15 is 0 Å². The average Bonchev–Trinajstić information content (AvgIpc) is 3.43. The molecule has 0 radical (unpaired) electrons. The number of para-hydroxylation sites is 2. The van der Waals surface area contributed by atoms with Crippen molar-refractivity contribution in [3.63, 3.8) is 0 Å². The molecule has 0 saturated carbocycles. The van der Waals surface area contributed by atoms with Gasteiger partial charge in [0.15, 0.2) is 11.5 Å². The fourth-order valence-corrected chi connectivity index (χ4v) is 4.88. The van der Waals surface area contributed by atoms with E-state index in [2.05, 4.69) is 20.6 Å². The van der Waals surface area contributed by atoms with E-state index in [1.807, 2.05) is 72.8 Å². The molecule has 10 heteroatoms. The Bertz CT molecular complexity index is 1910. The third kappa shape index (κ3) is 5.33. The van der Waals surface area contributed by atoms with Gasteiger partial charge in [0.05, 0.1) is 22.9 Å². The summed E-state index contributed by atoms with van der Waals surface area (Å²) in [6, 6.07) is 28.8. The number of phenols is 2. The second-order valence-electron chi connectivity index (χ2n) is 9.74. The van der Waals surface area contributed by atoms with Crippen molar-refractivity contribution < 1.29 is 19.8 Å². The average molecular weight is 559 g/mol. The molecule has 0 unspecified atom stereocenters. The molecular weight excluding hydrogens is 532 g/mol. The van der Waals surface area contributed by atoms with Crippen molar-refractivity contribution in [1.82, 2.24) is 25.3 Å². The first kappa shape index (κ1) is 26.5. The first-order valence-electron chi connectivity index (χ1n) is 13.3. The number of nitrogens with zero attached hydrogens (tertiary/aromatic N) is 5. The van der Waals surface area contributed by atoms with E-state index in [9.17, 15) is 19.8 Å². The highest BCUT2D eigenvalue weighted by Crippen LogP contribution is 2.34. The minimum Gasteiger partial charge on any atom is -0.504 e. The second-order valence-corrected chi connectivity index (χ2v) is 9.74. The molecular formula is C32H26N6O4. The van der Waals surface area contributed by atoms with Crippen LogP contribution in [0.1, 0.15) is 17.2 Å². The molecule has 208 valence electrons. The lowest BCUT2D eigenvalue weighted by molar-refractivity contribution is -0.127. The Kier molecular flexibility index (Phi) is 7.17. The molecule has 0 bridgehead atoms. The summed E-state index contributed by atoms with van der Waals surface area (Å²) >= 11 is 0. The molecule has 42 heavy (non-hydrogen) atoms. The summed E-state index contributed by atoms with van der Waals surface area (Å²) in [5.41, 5.74) is 3.55. The van der Waals surface area contributed by atoms with Crippen molar-refractivity contribution in [2.24, 2.45) is 0 Å². The number of phenolic OH excluding ortho intramolecular Hbond substituents is 2. The predicted octanol–water partition coefficient (Wildman–Crippen LogP) is 4.48. The van der Waals surface area contributed by atoms with Gasteiger partial charge in [-0.05, 0) is 47.5 Å². The fraction of sp³-hybridized carbons (Fsp3) is 0.0938. The molecule has 0 spiro atoms. The van der Waals surface area contributed by atoms with Crippen molar-refractivity contribution in [2.45, 2.75) is 19.1 Å². The molecule has 10 nitrogen and oxygen atoms in total. The smallest absolute Gasteiger partial charge is 0.249 e. The van der Waals surface area contributed by atoms with Crippen LogP contribution in [0.3, 0.4) is 0 Å². The Morgan fingerprint density at radius 2 is 1.57 bits per heavy atom. The number of carbonyl (C=O) groups excluding carboxylic acids is 2. The van der Waals surface area contributed by atoms with Gasteiger partial charge in [-0.3, -0.25) is 19.5 Å². The summed E-state index contributed by atoms with van der Waals surface area (Å²) in [5, 5.41) is 32.4. The molecule has 3 N–H and O–H groups in total. The summed E-state index contributed by atoms with van der Waals surface area (Å²) in [5.74, 6) is -1.72. The van der Waals surface area contributed by atoms with Crippen LogP contribution in [0.4, 0.5) is 5.69 Å². The maximum Gasteiger partial charge on any atom is 0.249 e. The Balaban J connectivity index is 1.46. The van der Waals surface area contributed by atoms with Crippen LogP contribution >= 0.6 is 0 Å². The van der Waals surface area contributed by atoms with Gasteiger partial charge in [-0.2, -0.15) is 0 Å². The third-order valence-corrected chi connectivity index (χ3v) is 6.96. The van der Waals surface area contributed by atoms with E-state index in [1.165, 1.54) is 34.0 Å². The summed E-state index contributed by atoms with van der Waals surface area (Å²) in [6.07, 6.45) is 1.54. The maximum atomic E-state index is 14.3. The predicted molar refractivity (Wildman–Crippen MR) is 158 cm³/mol. The first-order valence-corrected chi connectivity index (χ1v) is 13.3. The van der Waals surface area contributed by atoms with Crippen molar-refractivity contribution in [3.05, 3.63) is 120 Å². The molecule has 0 aliphatic carbocycles. The standard InChI is InChI=1S/C32H26N6O4/c39-28-15-14-23(17-29(28)40)31(32(42)34-18-21-8-2-1-3-9-21)38(24-16-22-10-4-5-11-25(22)33-19-24)30(41)20-37-27-13-7-6-12-26(27)35-36-37/h1-17,19,31,39-40H,18,20H2,(H,34,42)/t31-/m0/s1. The number of benzene rings is 4. The van der Waals surface area contributed by atoms with Gasteiger partial charge in [0.2, 0.25) is 11.8 Å². The van der Waals surface area contributed by atoms with Crippen molar-refractivity contribution in [1.29, 1.82) is 0 Å². The zero-order valence-corrected chi connectivity index (χ0v) is 22.3. The number of hydrogen-bond donors (Lipinski definition) is 3. The highest BCUT2D eigenvalue weighted by molar-refractivity contribution is 6.02. The van der Waals surface area contributed by atoms with Gasteiger partial charge in [-0.1, -0.05) is 71.9 Å². The monoisotopic (exact) mass is 558 g/mol. The van der Waals surface area contributed by atoms with Crippen LogP contribution in [0.15, 0.2) is 109 Å². The molecule has 0 fully saturated rings. The molecule has 2 aromatic heterocycles. The van der Waals surface area contributed by atoms with Crippen LogP contribution in [0.5, 0.6) is 11.5 Å². The van der Waals surface area contributed by atoms with Crippen LogP contribution in [-0.4, -0.2) is 42.0 Å². The van der Waals surface area contributed by atoms with Gasteiger partial charge >= 0.3 is 0 Å². The van der Waals surface area contributed by atoms with Gasteiger partial charge in [0.1, 0.15) is 18.1 Å². The molecule has 4 aromatic carbocycles. The van der Waals surface area contributed by atoms with Gasteiger partial charge in [0.25, 0.3) is 0 Å². The number of amides is 2. The van der Waals surface area contributed by atoms with E-state index in [0.717, 1.165) is 16.5 Å². The van der Waals surface area contributed by atoms with Crippen LogP contribution in [0.2, 0.25) is 0 Å². The SMILES string of the molecule is O=C(NCc1ccccc1)[C@H](c1ccc(O)c(O)c1)N(C(=O)Cn1nnc2ccccc21)c1cnc2ccccc2c1. The first-order chi connectivity index (χ1) is 20.5. The molecule has 1 atom stereocenters. The van der Waals surface area contributed by atoms with E-state index < -0.39 is 23.6 Å². The normalized spacial score (nSPS) is 11.8. The lowest BCUT2D eigenvalue weighted by atomic mass is 10.0. The number of fused-ring (bicyclic) bond motifs is 2. The van der Waals surface area contributed by atoms with Crippen LogP contribution in [0.25, 0.3) is 21.9 Å². The summed E-state index contributed by atoms with van der Waals surface area (Å²) < 4.78 is 1.48. The van der Waals surface area contributed by atoms with Crippen LogP contribution < -0.4 is 10.2 Å². The number of pyridine rings is 1. The minimum absolute atomic E-state index is 0.214. The zero-order valence-electron chi connectivity index (χ0n) is 22.3. The largest absolute Gasteiger partial charge is 0.504 e. The van der Waals surface area contributed by atoms with Crippen LogP contribution in [0, 0.1) is 0 Å². The quantitative estimate of drug-likeness (QED) is 0.235. The molecule has 2 heterocycles. The van der Waals surface area contributed by atoms with E-state index in [0.29, 0.717) is 22.3 Å². The molecule has 6 rings (SSSR count). The minimum atomic E-state index is -1.23. The number of carbonyl (C=O) groups is 2. The highest BCUT2D eigenvalue weighted by atomic mass is 16.3. The second kappa shape index (κ2) is 11.4. The number of hydrogen-bond acceptors (Lipinski definition) is 7.